The average Bonchev–Trinajstić information content (AvgIpc) is 2.73. The summed E-state index contributed by atoms with van der Waals surface area (Å²) in [5.41, 5.74) is 2.00. The van der Waals surface area contributed by atoms with Crippen molar-refractivity contribution in [3.8, 4) is 5.75 Å². The van der Waals surface area contributed by atoms with Crippen molar-refractivity contribution < 1.29 is 27.5 Å². The van der Waals surface area contributed by atoms with Crippen LogP contribution in [0.25, 0.3) is 0 Å². The maximum absolute atomic E-state index is 12.7. The molecule has 0 bridgehead atoms. The third-order valence-corrected chi connectivity index (χ3v) is 5.32. The number of pyridine rings is 2. The number of ether oxygens (including phenoxy) is 1. The topological polar surface area (TPSA) is 69.2 Å². The van der Waals surface area contributed by atoms with Crippen LogP contribution in [0.4, 0.5) is 13.2 Å². The third kappa shape index (κ3) is 5.23. The van der Waals surface area contributed by atoms with Gasteiger partial charge in [-0.3, -0.25) is 9.59 Å². The molecule has 8 heteroatoms. The number of Topliss-reactive ketones (excluding diaryl/α,β-unsaturated/α-hetero) is 2. The Bertz CT molecular complexity index is 1060. The minimum atomic E-state index is -4.41. The summed E-state index contributed by atoms with van der Waals surface area (Å²) in [6, 6.07) is 2.90. The highest BCUT2D eigenvalue weighted by Gasteiger charge is 2.37. The molecule has 0 fully saturated rings. The Hall–Kier alpha value is -3.03. The summed E-state index contributed by atoms with van der Waals surface area (Å²) in [5, 5.41) is 0. The summed E-state index contributed by atoms with van der Waals surface area (Å²) in [6.45, 7) is 7.43. The van der Waals surface area contributed by atoms with Gasteiger partial charge in [-0.25, -0.2) is 9.97 Å². The molecule has 0 atom stereocenters. The van der Waals surface area contributed by atoms with Crippen molar-refractivity contribution >= 4 is 11.6 Å². The van der Waals surface area contributed by atoms with Gasteiger partial charge in [0.25, 0.3) is 0 Å². The summed E-state index contributed by atoms with van der Waals surface area (Å²) < 4.78 is 43.8. The van der Waals surface area contributed by atoms with Crippen molar-refractivity contribution in [3.63, 3.8) is 0 Å². The van der Waals surface area contributed by atoms with Gasteiger partial charge in [0.2, 0.25) is 0 Å². The highest BCUT2D eigenvalue weighted by molar-refractivity contribution is 5.97. The normalized spacial score (nSPS) is 15.3. The molecule has 2 aromatic rings. The molecular weight excluding hydrogens is 421 g/mol. The summed E-state index contributed by atoms with van der Waals surface area (Å²) in [6.07, 6.45) is 0.706. The molecule has 0 aromatic carbocycles. The van der Waals surface area contributed by atoms with Crippen molar-refractivity contribution in [1.82, 2.24) is 9.97 Å². The van der Waals surface area contributed by atoms with Crippen LogP contribution in [0.5, 0.6) is 5.75 Å². The Morgan fingerprint density at radius 1 is 0.938 bits per heavy atom. The number of carbonyl (C=O) groups excluding carboxylic acids is 2. The van der Waals surface area contributed by atoms with Gasteiger partial charge in [-0.1, -0.05) is 12.7 Å². The lowest BCUT2D eigenvalue weighted by atomic mass is 9.90. The number of aryl methyl sites for hydroxylation is 2. The second kappa shape index (κ2) is 9.63. The second-order valence-corrected chi connectivity index (χ2v) is 7.88. The van der Waals surface area contributed by atoms with Crippen molar-refractivity contribution in [1.29, 1.82) is 0 Å². The van der Waals surface area contributed by atoms with Gasteiger partial charge < -0.3 is 4.74 Å². The predicted molar refractivity (Wildman–Crippen MR) is 113 cm³/mol. The van der Waals surface area contributed by atoms with E-state index in [1.165, 1.54) is 6.92 Å². The first-order valence-corrected chi connectivity index (χ1v) is 10.5. The van der Waals surface area contributed by atoms with E-state index in [9.17, 15) is 22.8 Å². The summed E-state index contributed by atoms with van der Waals surface area (Å²) in [7, 11) is 0. The molecule has 2 heterocycles. The SMILES string of the molecule is C=CCOc1cc(C)nc2c1CCCC2=O.Cc1cc(C(F)(F)F)c2c(n1)C(=O)CCC2. The first-order valence-electron chi connectivity index (χ1n) is 10.5. The van der Waals surface area contributed by atoms with Crippen LogP contribution in [0.3, 0.4) is 0 Å². The molecule has 32 heavy (non-hydrogen) atoms. The zero-order chi connectivity index (χ0) is 23.5. The molecule has 0 saturated carbocycles. The number of halogens is 3. The Morgan fingerprint density at radius 3 is 2.03 bits per heavy atom. The smallest absolute Gasteiger partial charge is 0.416 e. The zero-order valence-corrected chi connectivity index (χ0v) is 18.1. The minimum Gasteiger partial charge on any atom is -0.489 e. The van der Waals surface area contributed by atoms with Crippen LogP contribution in [0.15, 0.2) is 24.8 Å². The minimum absolute atomic E-state index is 0.0126. The highest BCUT2D eigenvalue weighted by Crippen LogP contribution is 2.36. The predicted octanol–water partition coefficient (Wildman–Crippen LogP) is 5.40. The molecule has 170 valence electrons. The van der Waals surface area contributed by atoms with E-state index in [0.717, 1.165) is 35.9 Å². The lowest BCUT2D eigenvalue weighted by Gasteiger charge is -2.19. The number of ketones is 2. The lowest BCUT2D eigenvalue weighted by Crippen LogP contribution is -2.20. The molecule has 0 amide bonds. The Morgan fingerprint density at radius 2 is 1.47 bits per heavy atom. The average molecular weight is 446 g/mol. The molecule has 0 saturated heterocycles. The molecule has 0 spiro atoms. The Kier molecular flexibility index (Phi) is 7.11. The fourth-order valence-corrected chi connectivity index (χ4v) is 3.94. The highest BCUT2D eigenvalue weighted by atomic mass is 19.4. The largest absolute Gasteiger partial charge is 0.489 e. The van der Waals surface area contributed by atoms with Gasteiger partial charge in [0.15, 0.2) is 11.6 Å². The number of alkyl halides is 3. The van der Waals surface area contributed by atoms with Gasteiger partial charge in [-0.05, 0) is 51.2 Å². The maximum Gasteiger partial charge on any atom is 0.416 e. The number of aromatic nitrogens is 2. The maximum atomic E-state index is 12.7. The third-order valence-electron chi connectivity index (χ3n) is 5.32. The van der Waals surface area contributed by atoms with Crippen LogP contribution in [0.1, 0.15) is 74.7 Å². The van der Waals surface area contributed by atoms with Crippen LogP contribution >= 0.6 is 0 Å². The summed E-state index contributed by atoms with van der Waals surface area (Å²) in [5.74, 6) is 0.638. The van der Waals surface area contributed by atoms with E-state index in [1.807, 2.05) is 13.0 Å². The van der Waals surface area contributed by atoms with E-state index in [4.69, 9.17) is 4.74 Å². The van der Waals surface area contributed by atoms with Gasteiger partial charge in [0.05, 0.1) is 5.56 Å². The molecule has 4 rings (SSSR count). The molecule has 0 radical (unpaired) electrons. The van der Waals surface area contributed by atoms with Crippen LogP contribution in [0.2, 0.25) is 0 Å². The molecular formula is C24H25F3N2O3. The van der Waals surface area contributed by atoms with Crippen molar-refractivity contribution in [2.75, 3.05) is 6.61 Å². The lowest BCUT2D eigenvalue weighted by molar-refractivity contribution is -0.138. The fraction of sp³-hybridized carbons (Fsp3) is 0.417. The first kappa shape index (κ1) is 23.6. The van der Waals surface area contributed by atoms with Crippen molar-refractivity contribution in [2.45, 2.75) is 58.5 Å². The van der Waals surface area contributed by atoms with Gasteiger partial charge in [-0.15, -0.1) is 0 Å². The standard InChI is InChI=1S/C13H15NO2.C11H10F3NO/c1-3-7-16-12-8-9(2)14-13-10(12)5-4-6-11(13)15;1-6-5-8(11(12,13)14)7-3-2-4-9(16)10(7)15-6/h3,8H,1,4-7H2,2H3;5H,2-4H2,1H3. The number of hydrogen-bond donors (Lipinski definition) is 0. The molecule has 2 aliphatic carbocycles. The van der Waals surface area contributed by atoms with E-state index >= 15 is 0 Å². The summed E-state index contributed by atoms with van der Waals surface area (Å²) in [4.78, 5) is 31.4. The first-order chi connectivity index (χ1) is 15.1. The molecule has 0 aliphatic heterocycles. The van der Waals surface area contributed by atoms with Crippen LogP contribution < -0.4 is 4.74 Å². The van der Waals surface area contributed by atoms with E-state index in [2.05, 4.69) is 16.5 Å². The number of fused-ring (bicyclic) bond motifs is 2. The molecule has 2 aliphatic rings. The monoisotopic (exact) mass is 446 g/mol. The van der Waals surface area contributed by atoms with E-state index in [0.29, 0.717) is 31.6 Å². The van der Waals surface area contributed by atoms with Crippen LogP contribution in [0, 0.1) is 13.8 Å². The number of hydrogen-bond acceptors (Lipinski definition) is 5. The van der Waals surface area contributed by atoms with Gasteiger partial charge in [0.1, 0.15) is 23.7 Å². The van der Waals surface area contributed by atoms with E-state index in [1.54, 1.807) is 6.08 Å². The van der Waals surface area contributed by atoms with Crippen molar-refractivity contribution in [2.24, 2.45) is 0 Å². The molecule has 0 N–H and O–H groups in total. The van der Waals surface area contributed by atoms with Gasteiger partial charge >= 0.3 is 6.18 Å². The zero-order valence-electron chi connectivity index (χ0n) is 18.1. The van der Waals surface area contributed by atoms with Gasteiger partial charge in [-0.2, -0.15) is 13.2 Å². The second-order valence-electron chi connectivity index (χ2n) is 7.88. The van der Waals surface area contributed by atoms with E-state index in [-0.39, 0.29) is 34.9 Å². The number of nitrogens with zero attached hydrogens (tertiary/aromatic N) is 2. The molecule has 0 unspecified atom stereocenters. The quantitative estimate of drug-likeness (QED) is 0.591. The summed E-state index contributed by atoms with van der Waals surface area (Å²) >= 11 is 0. The Balaban J connectivity index is 0.000000181. The fourth-order valence-electron chi connectivity index (χ4n) is 3.94. The van der Waals surface area contributed by atoms with Crippen molar-refractivity contribution in [3.05, 3.63) is 64.3 Å². The number of carbonyl (C=O) groups is 2. The van der Waals surface area contributed by atoms with Crippen LogP contribution in [-0.2, 0) is 19.0 Å². The van der Waals surface area contributed by atoms with Gasteiger partial charge in [0, 0.05) is 35.9 Å². The van der Waals surface area contributed by atoms with E-state index < -0.39 is 11.7 Å². The Labute approximate surface area is 184 Å². The number of rotatable bonds is 3. The molecule has 2 aromatic heterocycles. The molecule has 5 nitrogen and oxygen atoms in total. The van der Waals surface area contributed by atoms with Crippen LogP contribution in [-0.4, -0.2) is 28.1 Å².